The molecule has 0 radical (unpaired) electrons. The van der Waals surface area contributed by atoms with Crippen molar-refractivity contribution in [2.75, 3.05) is 37.4 Å². The minimum absolute atomic E-state index is 0.0521. The number of nitrogens with one attached hydrogen (secondary N) is 2. The molecule has 0 saturated carbocycles. The Balaban J connectivity index is 1.68. The number of anilines is 2. The molecule has 3 aromatic carbocycles. The Bertz CT molecular complexity index is 1490. The van der Waals surface area contributed by atoms with Crippen LogP contribution >= 0.6 is 0 Å². The number of halogens is 1. The maximum Gasteiger partial charge on any atom is 0.323 e. The number of aliphatic hydroxyl groups excluding tert-OH is 1. The third-order valence-corrected chi connectivity index (χ3v) is 8.77. The zero-order valence-electron chi connectivity index (χ0n) is 23.0. The fourth-order valence-corrected chi connectivity index (χ4v) is 5.71. The smallest absolute Gasteiger partial charge is 0.323 e. The van der Waals surface area contributed by atoms with Crippen LogP contribution in [0.1, 0.15) is 24.2 Å². The number of hydrogen-bond donors (Lipinski definition) is 3. The van der Waals surface area contributed by atoms with Crippen LogP contribution < -0.4 is 15.4 Å². The molecule has 3 aromatic rings. The second kappa shape index (κ2) is 12.7. The third kappa shape index (κ3) is 6.84. The number of aliphatic hydroxyl groups is 1. The highest BCUT2D eigenvalue weighted by Crippen LogP contribution is 2.35. The molecule has 218 valence electrons. The summed E-state index contributed by atoms with van der Waals surface area (Å²) in [6.07, 6.45) is -0.734. The average molecular weight is 585 g/mol. The van der Waals surface area contributed by atoms with Gasteiger partial charge in [0.25, 0.3) is 5.91 Å². The highest BCUT2D eigenvalue weighted by atomic mass is 32.2. The maximum atomic E-state index is 13.6. The van der Waals surface area contributed by atoms with Crippen molar-refractivity contribution in [3.63, 3.8) is 0 Å². The van der Waals surface area contributed by atoms with Crippen LogP contribution in [0.2, 0.25) is 0 Å². The van der Waals surface area contributed by atoms with Crippen LogP contribution in [-0.2, 0) is 10.0 Å². The van der Waals surface area contributed by atoms with Gasteiger partial charge in [-0.15, -0.1) is 0 Å². The van der Waals surface area contributed by atoms with Gasteiger partial charge in [0.15, 0.2) is 5.75 Å². The van der Waals surface area contributed by atoms with Gasteiger partial charge in [0.1, 0.15) is 11.9 Å². The molecule has 1 aliphatic heterocycles. The van der Waals surface area contributed by atoms with E-state index in [4.69, 9.17) is 4.74 Å². The molecule has 0 bridgehead atoms. The van der Waals surface area contributed by atoms with E-state index in [-0.39, 0.29) is 47.5 Å². The van der Waals surface area contributed by atoms with Gasteiger partial charge < -0.3 is 25.4 Å². The predicted octanol–water partition coefficient (Wildman–Crippen LogP) is 4.01. The van der Waals surface area contributed by atoms with Crippen molar-refractivity contribution in [3.05, 3.63) is 84.2 Å². The van der Waals surface area contributed by atoms with Crippen molar-refractivity contribution in [2.24, 2.45) is 5.92 Å². The highest BCUT2D eigenvalue weighted by molar-refractivity contribution is 7.89. The second-order valence-electron chi connectivity index (χ2n) is 9.99. The molecule has 12 heteroatoms. The standard InChI is InChI=1S/C29H33FN4O6S/c1-19-16-34(20(2)18-35)28(36)24-10-7-11-25(32-29(37)31-22-14-12-21(30)13-15-22)27(24)40-26(19)17-33(3)41(38,39)23-8-5-4-6-9-23/h4-15,19-20,26,35H,16-18H2,1-3H3,(H2,31,32,37)/t19-,20-,26-/m1/s1. The van der Waals surface area contributed by atoms with E-state index in [1.807, 2.05) is 6.92 Å². The summed E-state index contributed by atoms with van der Waals surface area (Å²) in [6.45, 7) is 3.42. The van der Waals surface area contributed by atoms with Gasteiger partial charge in [0.05, 0.1) is 35.3 Å². The average Bonchev–Trinajstić information content (AvgIpc) is 2.96. The number of fused-ring (bicyclic) bond motifs is 1. The zero-order chi connectivity index (χ0) is 29.7. The number of carbonyl (C=O) groups excluding carboxylic acids is 2. The molecule has 0 spiro atoms. The number of rotatable bonds is 8. The van der Waals surface area contributed by atoms with E-state index < -0.39 is 39.9 Å². The topological polar surface area (TPSA) is 128 Å². The lowest BCUT2D eigenvalue weighted by Gasteiger charge is -2.38. The predicted molar refractivity (Wildman–Crippen MR) is 153 cm³/mol. The molecular weight excluding hydrogens is 551 g/mol. The van der Waals surface area contributed by atoms with E-state index in [0.717, 1.165) is 0 Å². The summed E-state index contributed by atoms with van der Waals surface area (Å²) in [7, 11) is -2.39. The molecule has 4 rings (SSSR count). The zero-order valence-corrected chi connectivity index (χ0v) is 23.8. The van der Waals surface area contributed by atoms with Gasteiger partial charge >= 0.3 is 6.03 Å². The quantitative estimate of drug-likeness (QED) is 0.367. The molecule has 0 fully saturated rings. The monoisotopic (exact) mass is 584 g/mol. The molecule has 3 atom stereocenters. The van der Waals surface area contributed by atoms with Gasteiger partial charge in [-0.3, -0.25) is 4.79 Å². The van der Waals surface area contributed by atoms with E-state index in [9.17, 15) is 27.5 Å². The minimum atomic E-state index is -3.85. The fraction of sp³-hybridized carbons (Fsp3) is 0.310. The molecular formula is C29H33FN4O6S. The molecule has 0 aliphatic carbocycles. The molecule has 41 heavy (non-hydrogen) atoms. The molecule has 3 N–H and O–H groups in total. The van der Waals surface area contributed by atoms with Crippen LogP contribution in [0.3, 0.4) is 0 Å². The van der Waals surface area contributed by atoms with Crippen molar-refractivity contribution in [3.8, 4) is 5.75 Å². The Morgan fingerprint density at radius 1 is 1.10 bits per heavy atom. The van der Waals surface area contributed by atoms with Crippen LogP contribution in [0.15, 0.2) is 77.7 Å². The molecule has 3 amide bonds. The van der Waals surface area contributed by atoms with Crippen LogP contribution in [-0.4, -0.2) is 73.6 Å². The number of carbonyl (C=O) groups is 2. The lowest BCUT2D eigenvalue weighted by atomic mass is 9.99. The normalized spacial score (nSPS) is 18.1. The largest absolute Gasteiger partial charge is 0.486 e. The van der Waals surface area contributed by atoms with Crippen molar-refractivity contribution in [1.82, 2.24) is 9.21 Å². The molecule has 0 saturated heterocycles. The summed E-state index contributed by atoms with van der Waals surface area (Å²) in [5.74, 6) is -1.15. The fourth-order valence-electron chi connectivity index (χ4n) is 4.50. The number of para-hydroxylation sites is 1. The molecule has 1 aliphatic rings. The molecule has 10 nitrogen and oxygen atoms in total. The SMILES string of the molecule is C[C@@H]1CN([C@H](C)CO)C(=O)c2cccc(NC(=O)Nc3ccc(F)cc3)c2O[C@@H]1CN(C)S(=O)(=O)c1ccccc1. The number of hydrogen-bond acceptors (Lipinski definition) is 6. The van der Waals surface area contributed by atoms with Gasteiger partial charge in [-0.2, -0.15) is 4.31 Å². The number of amides is 3. The Labute approximate surface area is 238 Å². The van der Waals surface area contributed by atoms with Crippen LogP contribution in [0.25, 0.3) is 0 Å². The third-order valence-electron chi connectivity index (χ3n) is 6.93. The Kier molecular flexibility index (Phi) is 9.26. The van der Waals surface area contributed by atoms with Crippen molar-refractivity contribution in [1.29, 1.82) is 0 Å². The second-order valence-corrected chi connectivity index (χ2v) is 12.0. The van der Waals surface area contributed by atoms with Gasteiger partial charge in [-0.25, -0.2) is 17.6 Å². The number of urea groups is 1. The van der Waals surface area contributed by atoms with Gasteiger partial charge in [0.2, 0.25) is 10.0 Å². The van der Waals surface area contributed by atoms with E-state index in [1.54, 1.807) is 43.3 Å². The lowest BCUT2D eigenvalue weighted by molar-refractivity contribution is 0.0389. The first-order valence-corrected chi connectivity index (χ1v) is 14.5. The summed E-state index contributed by atoms with van der Waals surface area (Å²) in [5.41, 5.74) is 0.678. The lowest BCUT2D eigenvalue weighted by Crippen LogP contribution is -2.50. The van der Waals surface area contributed by atoms with E-state index >= 15 is 0 Å². The molecule has 1 heterocycles. The Morgan fingerprint density at radius 3 is 2.44 bits per heavy atom. The number of nitrogens with zero attached hydrogens (tertiary/aromatic N) is 2. The number of benzene rings is 3. The van der Waals surface area contributed by atoms with E-state index in [0.29, 0.717) is 5.69 Å². The molecule has 0 aromatic heterocycles. The van der Waals surface area contributed by atoms with Crippen molar-refractivity contribution in [2.45, 2.75) is 30.9 Å². The van der Waals surface area contributed by atoms with Crippen molar-refractivity contribution < 1.29 is 32.2 Å². The van der Waals surface area contributed by atoms with Gasteiger partial charge in [0, 0.05) is 25.2 Å². The first-order valence-electron chi connectivity index (χ1n) is 13.1. The minimum Gasteiger partial charge on any atom is -0.486 e. The first kappa shape index (κ1) is 30.0. The van der Waals surface area contributed by atoms with Crippen LogP contribution in [0.5, 0.6) is 5.75 Å². The summed E-state index contributed by atoms with van der Waals surface area (Å²) in [4.78, 5) is 28.1. The van der Waals surface area contributed by atoms with Crippen molar-refractivity contribution >= 4 is 33.3 Å². The number of ether oxygens (including phenoxy) is 1. The van der Waals surface area contributed by atoms with Gasteiger partial charge in [-0.05, 0) is 55.5 Å². The maximum absolute atomic E-state index is 13.6. The Morgan fingerprint density at radius 2 is 1.78 bits per heavy atom. The first-order chi connectivity index (χ1) is 19.5. The summed E-state index contributed by atoms with van der Waals surface area (Å²) in [5, 5.41) is 15.2. The highest BCUT2D eigenvalue weighted by Gasteiger charge is 2.36. The Hall–Kier alpha value is -4.00. The summed E-state index contributed by atoms with van der Waals surface area (Å²) < 4.78 is 47.4. The molecule has 0 unspecified atom stereocenters. The van der Waals surface area contributed by atoms with E-state index in [1.165, 1.54) is 52.7 Å². The number of sulfonamides is 1. The van der Waals surface area contributed by atoms with Crippen LogP contribution in [0, 0.1) is 11.7 Å². The summed E-state index contributed by atoms with van der Waals surface area (Å²) in [6, 6.07) is 16.8. The van der Waals surface area contributed by atoms with E-state index in [2.05, 4.69) is 10.6 Å². The van der Waals surface area contributed by atoms with Crippen LogP contribution in [0.4, 0.5) is 20.6 Å². The summed E-state index contributed by atoms with van der Waals surface area (Å²) >= 11 is 0. The van der Waals surface area contributed by atoms with Gasteiger partial charge in [-0.1, -0.05) is 31.2 Å². The number of likely N-dealkylation sites (N-methyl/N-ethyl adjacent to an activating group) is 1.